The molecular formula is C21H38N2O2. The Kier molecular flexibility index (Phi) is 12.3. The first kappa shape index (κ1) is 21.9. The van der Waals surface area contributed by atoms with E-state index < -0.39 is 5.91 Å². The summed E-state index contributed by atoms with van der Waals surface area (Å²) in [4.78, 5) is 25.5. The lowest BCUT2D eigenvalue weighted by molar-refractivity contribution is -0.137. The lowest BCUT2D eigenvalue weighted by Crippen LogP contribution is -2.34. The van der Waals surface area contributed by atoms with E-state index in [9.17, 15) is 9.59 Å². The molecule has 144 valence electrons. The van der Waals surface area contributed by atoms with Gasteiger partial charge in [0.15, 0.2) is 0 Å². The van der Waals surface area contributed by atoms with Gasteiger partial charge in [-0.1, -0.05) is 52.0 Å². The Morgan fingerprint density at radius 2 is 1.68 bits per heavy atom. The molecule has 4 heteroatoms. The molecule has 0 aromatic carbocycles. The molecule has 0 bridgehead atoms. The van der Waals surface area contributed by atoms with Crippen LogP contribution in [0.2, 0.25) is 0 Å². The molecule has 1 rings (SSSR count). The number of Topliss-reactive ketones (excluding diaryl/α,β-unsaturated/α-hetero) is 1. The zero-order chi connectivity index (χ0) is 18.3. The molecule has 1 saturated heterocycles. The van der Waals surface area contributed by atoms with Crippen LogP contribution in [0.3, 0.4) is 0 Å². The lowest BCUT2D eigenvalue weighted by Gasteiger charge is -2.32. The Morgan fingerprint density at radius 3 is 2.32 bits per heavy atom. The van der Waals surface area contributed by atoms with E-state index in [2.05, 4.69) is 23.7 Å². The zero-order valence-electron chi connectivity index (χ0n) is 16.2. The predicted molar refractivity (Wildman–Crippen MR) is 104 cm³/mol. The molecule has 0 spiro atoms. The molecule has 1 aliphatic heterocycles. The lowest BCUT2D eigenvalue weighted by atomic mass is 9.91. The zero-order valence-corrected chi connectivity index (χ0v) is 16.2. The van der Waals surface area contributed by atoms with Gasteiger partial charge in [0.05, 0.1) is 0 Å². The van der Waals surface area contributed by atoms with Crippen LogP contribution in [-0.2, 0) is 9.59 Å². The number of unbranched alkanes of at least 4 members (excludes halogenated alkanes) is 6. The van der Waals surface area contributed by atoms with Crippen LogP contribution in [0.25, 0.3) is 0 Å². The Labute approximate surface area is 154 Å². The molecule has 1 amide bonds. The number of nitrogens with zero attached hydrogens (tertiary/aromatic N) is 1. The van der Waals surface area contributed by atoms with E-state index in [-0.39, 0.29) is 5.78 Å². The van der Waals surface area contributed by atoms with E-state index in [4.69, 9.17) is 0 Å². The van der Waals surface area contributed by atoms with Gasteiger partial charge in [-0.15, -0.1) is 0 Å². The molecule has 0 unspecified atom stereocenters. The molecule has 0 aromatic rings. The van der Waals surface area contributed by atoms with Crippen molar-refractivity contribution in [3.05, 3.63) is 12.8 Å². The van der Waals surface area contributed by atoms with Crippen LogP contribution >= 0.6 is 0 Å². The average Bonchev–Trinajstić information content (AvgIpc) is 2.62. The third-order valence-corrected chi connectivity index (χ3v) is 5.29. The van der Waals surface area contributed by atoms with Crippen molar-refractivity contribution in [1.29, 1.82) is 0 Å². The standard InChI is InChI=1S/C21H38N2O2/c1-3-5-6-7-8-9-10-16-23-17-14-19(15-18-23)12-11-13-20(24)21(25)22-4-2/h4,19H,2-3,5-18H2,1H3,(H,22,25). The smallest absolute Gasteiger partial charge is 0.291 e. The topological polar surface area (TPSA) is 49.4 Å². The van der Waals surface area contributed by atoms with Crippen molar-refractivity contribution in [2.45, 2.75) is 84.0 Å². The van der Waals surface area contributed by atoms with Gasteiger partial charge in [-0.05, 0) is 63.9 Å². The number of rotatable bonds is 14. The fourth-order valence-corrected chi connectivity index (χ4v) is 3.63. The third kappa shape index (κ3) is 10.4. The molecule has 1 aliphatic rings. The van der Waals surface area contributed by atoms with Crippen LogP contribution in [0.4, 0.5) is 0 Å². The van der Waals surface area contributed by atoms with E-state index >= 15 is 0 Å². The van der Waals surface area contributed by atoms with Gasteiger partial charge < -0.3 is 10.2 Å². The van der Waals surface area contributed by atoms with E-state index in [0.29, 0.717) is 6.42 Å². The summed E-state index contributed by atoms with van der Waals surface area (Å²) in [5, 5.41) is 2.35. The second-order valence-corrected chi connectivity index (χ2v) is 7.40. The Hall–Kier alpha value is -1.16. The van der Waals surface area contributed by atoms with Gasteiger partial charge in [0.2, 0.25) is 5.78 Å². The number of carbonyl (C=O) groups excluding carboxylic acids is 2. The summed E-state index contributed by atoms with van der Waals surface area (Å²) in [7, 11) is 0. The largest absolute Gasteiger partial charge is 0.327 e. The van der Waals surface area contributed by atoms with Gasteiger partial charge in [-0.25, -0.2) is 0 Å². The van der Waals surface area contributed by atoms with Gasteiger partial charge in [0.25, 0.3) is 5.91 Å². The molecular weight excluding hydrogens is 312 g/mol. The van der Waals surface area contributed by atoms with Crippen LogP contribution in [0.15, 0.2) is 12.8 Å². The van der Waals surface area contributed by atoms with Crippen LogP contribution in [-0.4, -0.2) is 36.2 Å². The second-order valence-electron chi connectivity index (χ2n) is 7.40. The molecule has 1 N–H and O–H groups in total. The first-order valence-corrected chi connectivity index (χ1v) is 10.3. The highest BCUT2D eigenvalue weighted by atomic mass is 16.2. The second kappa shape index (κ2) is 14.1. The van der Waals surface area contributed by atoms with E-state index in [1.807, 2.05) is 0 Å². The highest BCUT2D eigenvalue weighted by Gasteiger charge is 2.19. The predicted octanol–water partition coefficient (Wildman–Crippen LogP) is 4.45. The molecule has 1 heterocycles. The molecule has 0 saturated carbocycles. The number of hydrogen-bond donors (Lipinski definition) is 1. The number of carbonyl (C=O) groups is 2. The van der Waals surface area contributed by atoms with Gasteiger partial charge in [-0.3, -0.25) is 9.59 Å². The minimum absolute atomic E-state index is 0.323. The average molecular weight is 351 g/mol. The molecule has 4 nitrogen and oxygen atoms in total. The minimum atomic E-state index is -0.528. The highest BCUT2D eigenvalue weighted by molar-refractivity contribution is 6.36. The molecule has 0 aliphatic carbocycles. The maximum Gasteiger partial charge on any atom is 0.291 e. The SMILES string of the molecule is C=CNC(=O)C(=O)CCCC1CCN(CCCCCCCCC)CC1. The first-order chi connectivity index (χ1) is 12.2. The van der Waals surface area contributed by atoms with Crippen molar-refractivity contribution >= 4 is 11.7 Å². The van der Waals surface area contributed by atoms with Gasteiger partial charge in [0.1, 0.15) is 0 Å². The van der Waals surface area contributed by atoms with Gasteiger partial charge in [0, 0.05) is 6.42 Å². The minimum Gasteiger partial charge on any atom is -0.327 e. The molecule has 25 heavy (non-hydrogen) atoms. The quantitative estimate of drug-likeness (QED) is 0.372. The summed E-state index contributed by atoms with van der Waals surface area (Å²) >= 11 is 0. The van der Waals surface area contributed by atoms with Gasteiger partial charge >= 0.3 is 0 Å². The summed E-state index contributed by atoms with van der Waals surface area (Å²) in [6, 6.07) is 0. The van der Waals surface area contributed by atoms with Crippen molar-refractivity contribution in [3.8, 4) is 0 Å². The molecule has 0 aromatic heterocycles. The summed E-state index contributed by atoms with van der Waals surface area (Å²) in [5.41, 5.74) is 0. The van der Waals surface area contributed by atoms with E-state index in [1.54, 1.807) is 0 Å². The van der Waals surface area contributed by atoms with E-state index in [1.165, 1.54) is 83.6 Å². The monoisotopic (exact) mass is 350 g/mol. The number of ketones is 1. The van der Waals surface area contributed by atoms with Crippen molar-refractivity contribution in [2.24, 2.45) is 5.92 Å². The van der Waals surface area contributed by atoms with Crippen LogP contribution < -0.4 is 5.32 Å². The summed E-state index contributed by atoms with van der Waals surface area (Å²) in [6.45, 7) is 9.31. The molecule has 0 radical (unpaired) electrons. The third-order valence-electron chi connectivity index (χ3n) is 5.29. The van der Waals surface area contributed by atoms with Gasteiger partial charge in [-0.2, -0.15) is 0 Å². The number of piperidine rings is 1. The number of likely N-dealkylation sites (tertiary alicyclic amines) is 1. The molecule has 0 atom stereocenters. The van der Waals surface area contributed by atoms with Crippen LogP contribution in [0.1, 0.15) is 84.0 Å². The summed E-state index contributed by atoms with van der Waals surface area (Å²) in [5.74, 6) is -0.128. The number of hydrogen-bond acceptors (Lipinski definition) is 3. The maximum atomic E-state index is 11.6. The number of amides is 1. The van der Waals surface area contributed by atoms with Crippen LogP contribution in [0, 0.1) is 5.92 Å². The maximum absolute atomic E-state index is 11.6. The Balaban J connectivity index is 1.99. The fourth-order valence-electron chi connectivity index (χ4n) is 3.63. The fraction of sp³-hybridized carbons (Fsp3) is 0.810. The van der Waals surface area contributed by atoms with Crippen molar-refractivity contribution < 1.29 is 9.59 Å². The van der Waals surface area contributed by atoms with Crippen molar-refractivity contribution in [1.82, 2.24) is 10.2 Å². The van der Waals surface area contributed by atoms with Crippen LogP contribution in [0.5, 0.6) is 0 Å². The normalized spacial score (nSPS) is 15.9. The van der Waals surface area contributed by atoms with E-state index in [0.717, 1.165) is 18.8 Å². The highest BCUT2D eigenvalue weighted by Crippen LogP contribution is 2.23. The summed E-state index contributed by atoms with van der Waals surface area (Å²) < 4.78 is 0. The van der Waals surface area contributed by atoms with Crippen molar-refractivity contribution in [2.75, 3.05) is 19.6 Å². The number of nitrogens with one attached hydrogen (secondary N) is 1. The Morgan fingerprint density at radius 1 is 1.04 bits per heavy atom. The molecule has 1 fully saturated rings. The van der Waals surface area contributed by atoms with Crippen molar-refractivity contribution in [3.63, 3.8) is 0 Å². The first-order valence-electron chi connectivity index (χ1n) is 10.3. The Bertz CT molecular complexity index is 387. The summed E-state index contributed by atoms with van der Waals surface area (Å²) in [6.07, 6.45) is 15.6.